The van der Waals surface area contributed by atoms with Crippen molar-refractivity contribution in [2.45, 2.75) is 27.7 Å². The van der Waals surface area contributed by atoms with E-state index in [0.717, 1.165) is 82.9 Å². The smallest absolute Gasteiger partial charge is 0.163 e. The van der Waals surface area contributed by atoms with Crippen LogP contribution in [0.3, 0.4) is 0 Å². The number of fused-ring (bicyclic) bond motifs is 6. The molecular weight excluding hydrogens is 765 g/mol. The summed E-state index contributed by atoms with van der Waals surface area (Å²) >= 11 is 0. The van der Waals surface area contributed by atoms with Gasteiger partial charge in [-0.3, -0.25) is 0 Å². The molecule has 0 radical (unpaired) electrons. The lowest BCUT2D eigenvalue weighted by molar-refractivity contribution is 0.928. The van der Waals surface area contributed by atoms with Gasteiger partial charge in [0.1, 0.15) is 23.3 Å². The zero-order valence-corrected chi connectivity index (χ0v) is 34.3. The summed E-state index contributed by atoms with van der Waals surface area (Å²) in [6, 6.07) is 52.4. The first-order chi connectivity index (χ1) is 30.3. The van der Waals surface area contributed by atoms with E-state index in [0.29, 0.717) is 46.2 Å². The quantitative estimate of drug-likeness (QED) is 0.163. The van der Waals surface area contributed by atoms with E-state index in [4.69, 9.17) is 24.9 Å². The van der Waals surface area contributed by atoms with Gasteiger partial charge in [0.05, 0.1) is 56.5 Å². The number of pyridine rings is 1. The third kappa shape index (κ3) is 6.06. The first kappa shape index (κ1) is 36.6. The zero-order chi connectivity index (χ0) is 42.1. The van der Waals surface area contributed by atoms with E-state index >= 15 is 0 Å². The summed E-state index contributed by atoms with van der Waals surface area (Å²) in [7, 11) is 0. The van der Waals surface area contributed by atoms with E-state index in [1.54, 1.807) is 0 Å². The number of aromatic nitrogens is 9. The van der Waals surface area contributed by atoms with Crippen LogP contribution in [0.25, 0.3) is 100 Å². The molecule has 0 aliphatic carbocycles. The molecule has 0 amide bonds. The molecule has 0 N–H and O–H groups in total. The van der Waals surface area contributed by atoms with Crippen molar-refractivity contribution in [3.05, 3.63) is 174 Å². The van der Waals surface area contributed by atoms with Crippen LogP contribution in [0.5, 0.6) is 0 Å². The lowest BCUT2D eigenvalue weighted by atomic mass is 10.0. The third-order valence-electron chi connectivity index (χ3n) is 11.4. The number of hydrogen-bond donors (Lipinski definition) is 0. The molecule has 0 saturated heterocycles. The van der Waals surface area contributed by atoms with Crippen molar-refractivity contribution in [1.82, 2.24) is 44.0 Å². The highest BCUT2D eigenvalue weighted by Crippen LogP contribution is 2.42. The Morgan fingerprint density at radius 2 is 0.855 bits per heavy atom. The van der Waals surface area contributed by atoms with Crippen molar-refractivity contribution in [2.24, 2.45) is 0 Å². The molecule has 62 heavy (non-hydrogen) atoms. The Morgan fingerprint density at radius 1 is 0.387 bits per heavy atom. The van der Waals surface area contributed by atoms with Crippen LogP contribution in [-0.2, 0) is 0 Å². The molecule has 5 aromatic heterocycles. The minimum Gasteiger partial charge on any atom is -0.307 e. The molecule has 11 rings (SSSR count). The van der Waals surface area contributed by atoms with E-state index in [2.05, 4.69) is 128 Å². The lowest BCUT2D eigenvalue weighted by Gasteiger charge is -2.19. The van der Waals surface area contributed by atoms with Crippen molar-refractivity contribution < 1.29 is 0 Å². The van der Waals surface area contributed by atoms with Crippen LogP contribution in [0.15, 0.2) is 146 Å². The third-order valence-corrected chi connectivity index (χ3v) is 11.4. The highest BCUT2D eigenvalue weighted by Gasteiger charge is 2.24. The average Bonchev–Trinajstić information content (AvgIpc) is 3.80. The number of benzene rings is 6. The molecule has 0 atom stereocenters. The van der Waals surface area contributed by atoms with E-state index in [1.165, 1.54) is 0 Å². The SMILES string of the molecule is Cc1nc(C)nc(-c2ccc3c(c2)c2ccccc2n3-c2cc(C#N)c(-c3cccc(-c4ccccc4)n3)cc2-n2c3ccccc3c3cc(-c4nc(C)nc(C)n4)ccc32)n1. The molecule has 0 spiro atoms. The van der Waals surface area contributed by atoms with Gasteiger partial charge in [-0.15, -0.1) is 0 Å². The first-order valence-corrected chi connectivity index (χ1v) is 20.4. The Bertz CT molecular complexity index is 3610. The lowest BCUT2D eigenvalue weighted by Crippen LogP contribution is -2.06. The second-order valence-corrected chi connectivity index (χ2v) is 15.4. The van der Waals surface area contributed by atoms with E-state index < -0.39 is 0 Å². The minimum atomic E-state index is 0.503. The van der Waals surface area contributed by atoms with Gasteiger partial charge in [-0.25, -0.2) is 34.9 Å². The van der Waals surface area contributed by atoms with Crippen LogP contribution in [0.4, 0.5) is 0 Å². The van der Waals surface area contributed by atoms with Crippen molar-refractivity contribution in [3.8, 4) is 62.7 Å². The maximum atomic E-state index is 11.0. The van der Waals surface area contributed by atoms with Gasteiger partial charge in [-0.2, -0.15) is 5.26 Å². The minimum absolute atomic E-state index is 0.503. The summed E-state index contributed by atoms with van der Waals surface area (Å²) in [5, 5.41) is 15.3. The molecule has 10 heteroatoms. The van der Waals surface area contributed by atoms with Gasteiger partial charge in [0.15, 0.2) is 11.6 Å². The Balaban J connectivity index is 1.23. The highest BCUT2D eigenvalue weighted by molar-refractivity contribution is 6.13. The molecule has 294 valence electrons. The van der Waals surface area contributed by atoms with Crippen LogP contribution < -0.4 is 0 Å². The summed E-state index contributed by atoms with van der Waals surface area (Å²) in [5.41, 5.74) is 11.2. The van der Waals surface area contributed by atoms with E-state index in [-0.39, 0.29) is 0 Å². The Morgan fingerprint density at radius 3 is 1.39 bits per heavy atom. The van der Waals surface area contributed by atoms with Crippen molar-refractivity contribution in [2.75, 3.05) is 0 Å². The molecule has 5 heterocycles. The van der Waals surface area contributed by atoms with Crippen molar-refractivity contribution in [3.63, 3.8) is 0 Å². The second kappa shape index (κ2) is 14.4. The van der Waals surface area contributed by atoms with Crippen LogP contribution in [0, 0.1) is 39.0 Å². The van der Waals surface area contributed by atoms with Crippen LogP contribution in [0.2, 0.25) is 0 Å². The second-order valence-electron chi connectivity index (χ2n) is 15.4. The predicted molar refractivity (Wildman–Crippen MR) is 245 cm³/mol. The molecule has 6 aromatic carbocycles. The fourth-order valence-corrected chi connectivity index (χ4v) is 8.83. The normalized spacial score (nSPS) is 11.5. The topological polar surface area (TPSA) is 124 Å². The summed E-state index contributed by atoms with van der Waals surface area (Å²) in [6.45, 7) is 7.55. The fourth-order valence-electron chi connectivity index (χ4n) is 8.83. The van der Waals surface area contributed by atoms with Gasteiger partial charge in [-0.05, 0) is 100 Å². The van der Waals surface area contributed by atoms with E-state index in [1.807, 2.05) is 70.2 Å². The zero-order valence-electron chi connectivity index (χ0n) is 34.3. The predicted octanol–water partition coefficient (Wildman–Crippen LogP) is 11.4. The summed E-state index contributed by atoms with van der Waals surface area (Å²) in [6.07, 6.45) is 0. The molecule has 0 unspecified atom stereocenters. The van der Waals surface area contributed by atoms with Crippen molar-refractivity contribution >= 4 is 43.6 Å². The fraction of sp³-hybridized carbons (Fsp3) is 0.0769. The Hall–Kier alpha value is -8.42. The summed E-state index contributed by atoms with van der Waals surface area (Å²) in [5.74, 6) is 3.95. The van der Waals surface area contributed by atoms with Gasteiger partial charge < -0.3 is 9.13 Å². The monoisotopic (exact) mass is 800 g/mol. The standard InChI is InChI=1S/C52H36N10/c1-30-54-31(2)57-51(56-30)35-21-23-47-41(25-35)38-15-8-10-19-45(38)61(47)49-27-37(29-53)40(44-18-12-17-43(60-44)34-13-6-5-7-14-34)28-50(49)62-46-20-11-9-16-39(46)42-26-36(22-24-48(42)62)52-58-32(3)55-33(4)59-52/h5-28H,1-4H3. The van der Waals surface area contributed by atoms with Crippen LogP contribution >= 0.6 is 0 Å². The molecule has 0 aliphatic rings. The first-order valence-electron chi connectivity index (χ1n) is 20.4. The average molecular weight is 801 g/mol. The Kier molecular flexibility index (Phi) is 8.51. The molecular formula is C52H36N10. The number of para-hydroxylation sites is 2. The van der Waals surface area contributed by atoms with Gasteiger partial charge in [-0.1, -0.05) is 72.8 Å². The summed E-state index contributed by atoms with van der Waals surface area (Å²) < 4.78 is 4.59. The number of aryl methyl sites for hydroxylation is 4. The van der Waals surface area contributed by atoms with Crippen molar-refractivity contribution in [1.29, 1.82) is 5.26 Å². The van der Waals surface area contributed by atoms with Gasteiger partial charge in [0, 0.05) is 43.8 Å². The molecule has 0 aliphatic heterocycles. The molecule has 10 nitrogen and oxygen atoms in total. The molecule has 0 bridgehead atoms. The van der Waals surface area contributed by atoms with Gasteiger partial charge in [0.2, 0.25) is 0 Å². The van der Waals surface area contributed by atoms with Gasteiger partial charge >= 0.3 is 0 Å². The Labute approximate surface area is 356 Å². The maximum absolute atomic E-state index is 11.0. The van der Waals surface area contributed by atoms with E-state index in [9.17, 15) is 5.26 Å². The van der Waals surface area contributed by atoms with Crippen LogP contribution in [-0.4, -0.2) is 44.0 Å². The molecule has 0 saturated carbocycles. The number of rotatable bonds is 6. The van der Waals surface area contributed by atoms with Gasteiger partial charge in [0.25, 0.3) is 0 Å². The number of hydrogen-bond acceptors (Lipinski definition) is 8. The molecule has 0 fully saturated rings. The number of nitrogens with zero attached hydrogens (tertiary/aromatic N) is 10. The largest absolute Gasteiger partial charge is 0.307 e. The number of nitriles is 1. The maximum Gasteiger partial charge on any atom is 0.163 e. The highest BCUT2D eigenvalue weighted by atomic mass is 15.1. The van der Waals surface area contributed by atoms with Crippen LogP contribution in [0.1, 0.15) is 28.9 Å². The summed E-state index contributed by atoms with van der Waals surface area (Å²) in [4.78, 5) is 32.8. The molecule has 11 aromatic rings.